The van der Waals surface area contributed by atoms with E-state index in [1.165, 1.54) is 27.0 Å². The van der Waals surface area contributed by atoms with E-state index in [1.54, 1.807) is 33.8 Å². The molecule has 1 N–H and O–H groups in total. The molecule has 3 fully saturated rings. The molecule has 0 amide bonds. The van der Waals surface area contributed by atoms with Crippen molar-refractivity contribution in [3.8, 4) is 0 Å². The molecule has 9 atom stereocenters. The number of aliphatic carboxylic acids is 1. The third-order valence-electron chi connectivity index (χ3n) is 9.46. The van der Waals surface area contributed by atoms with Crippen LogP contribution in [0.2, 0.25) is 0 Å². The molecule has 1 spiro atoms. The summed E-state index contributed by atoms with van der Waals surface area (Å²) in [6.07, 6.45) is -0.142. The Morgan fingerprint density at radius 1 is 1.10 bits per heavy atom. The summed E-state index contributed by atoms with van der Waals surface area (Å²) in [4.78, 5) is 62.7. The Morgan fingerprint density at radius 2 is 1.72 bits per heavy atom. The van der Waals surface area contributed by atoms with Crippen molar-refractivity contribution in [2.75, 3.05) is 7.11 Å². The zero-order valence-corrected chi connectivity index (χ0v) is 23.3. The smallest absolute Gasteiger partial charge is 0.330 e. The summed E-state index contributed by atoms with van der Waals surface area (Å²) in [6, 6.07) is 0. The highest BCUT2D eigenvalue weighted by atomic mass is 16.6. The van der Waals surface area contributed by atoms with E-state index in [-0.39, 0.29) is 12.8 Å². The van der Waals surface area contributed by atoms with Crippen molar-refractivity contribution < 1.29 is 52.8 Å². The van der Waals surface area contributed by atoms with Gasteiger partial charge < -0.3 is 28.8 Å². The van der Waals surface area contributed by atoms with Crippen LogP contribution in [0.3, 0.4) is 0 Å². The number of carboxylic acid groups (broad SMARTS) is 1. The van der Waals surface area contributed by atoms with E-state index in [0.29, 0.717) is 5.57 Å². The summed E-state index contributed by atoms with van der Waals surface area (Å²) in [7, 11) is 1.25. The molecule has 2 saturated carbocycles. The molecule has 39 heavy (non-hydrogen) atoms. The van der Waals surface area contributed by atoms with Gasteiger partial charge in [0, 0.05) is 37.2 Å². The summed E-state index contributed by atoms with van der Waals surface area (Å²) < 4.78 is 28.6. The van der Waals surface area contributed by atoms with E-state index in [2.05, 4.69) is 6.58 Å². The first-order valence-electron chi connectivity index (χ1n) is 12.9. The number of epoxide rings is 1. The number of esters is 4. The van der Waals surface area contributed by atoms with Gasteiger partial charge in [-0.15, -0.1) is 0 Å². The lowest BCUT2D eigenvalue weighted by Crippen LogP contribution is -2.67. The average molecular weight is 549 g/mol. The summed E-state index contributed by atoms with van der Waals surface area (Å²) in [6.45, 7) is 13.6. The standard InChI is InChI=1S/C28H36O11/c1-13-21(26(6)10-9-19(31)39-25(4,5)17(26)12-20(32)35-8)22(36-14(2)29)23(37-15(3)30)27(7)16(24(33)34)11-18-28(13,27)38-18/h9-10,16-18,21-23H,1,11-12H2,2-8H3,(H,33,34)/t16-,17-,18+,21+,22+,23-,26-,27+,28+/m0/s1. The molecular weight excluding hydrogens is 512 g/mol. The van der Waals surface area contributed by atoms with Crippen LogP contribution in [0.1, 0.15) is 54.4 Å². The highest BCUT2D eigenvalue weighted by molar-refractivity contribution is 5.83. The molecule has 1 saturated heterocycles. The minimum absolute atomic E-state index is 0.146. The number of carbonyl (C=O) groups is 5. The number of methoxy groups -OCH3 is 1. The van der Waals surface area contributed by atoms with Crippen LogP contribution in [-0.4, -0.2) is 71.6 Å². The van der Waals surface area contributed by atoms with Crippen molar-refractivity contribution in [2.45, 2.75) is 83.9 Å². The molecule has 0 bridgehead atoms. The average Bonchev–Trinajstić information content (AvgIpc) is 3.50. The molecule has 11 nitrogen and oxygen atoms in total. The summed E-state index contributed by atoms with van der Waals surface area (Å²) in [5.74, 6) is -6.25. The van der Waals surface area contributed by atoms with E-state index in [1.807, 2.05) is 0 Å². The molecule has 0 radical (unpaired) electrons. The number of ether oxygens (including phenoxy) is 5. The molecule has 0 aromatic heterocycles. The van der Waals surface area contributed by atoms with E-state index >= 15 is 0 Å². The third-order valence-corrected chi connectivity index (χ3v) is 9.46. The molecule has 0 unspecified atom stereocenters. The maximum Gasteiger partial charge on any atom is 0.330 e. The van der Waals surface area contributed by atoms with Crippen LogP contribution in [0.5, 0.6) is 0 Å². The first-order valence-corrected chi connectivity index (χ1v) is 12.9. The normalized spacial score (nSPS) is 41.8. The van der Waals surface area contributed by atoms with Crippen molar-refractivity contribution in [1.82, 2.24) is 0 Å². The fraction of sp³-hybridized carbons (Fsp3) is 0.679. The minimum Gasteiger partial charge on any atom is -0.481 e. The second-order valence-corrected chi connectivity index (χ2v) is 11.9. The first kappa shape index (κ1) is 28.8. The number of rotatable bonds is 6. The number of hydrogen-bond donors (Lipinski definition) is 1. The van der Waals surface area contributed by atoms with Crippen LogP contribution in [0, 0.1) is 28.6 Å². The quantitative estimate of drug-likeness (QED) is 0.225. The van der Waals surface area contributed by atoms with E-state index in [0.717, 1.165) is 0 Å². The lowest BCUT2D eigenvalue weighted by atomic mass is 9.49. The molecular formula is C28H36O11. The van der Waals surface area contributed by atoms with Gasteiger partial charge in [-0.3, -0.25) is 19.2 Å². The van der Waals surface area contributed by atoms with E-state index in [4.69, 9.17) is 23.7 Å². The number of carbonyl (C=O) groups excluding carboxylic acids is 4. The Balaban J connectivity index is 1.99. The lowest BCUT2D eigenvalue weighted by molar-refractivity contribution is -0.215. The van der Waals surface area contributed by atoms with Crippen LogP contribution in [0.15, 0.2) is 24.3 Å². The van der Waals surface area contributed by atoms with Crippen molar-refractivity contribution >= 4 is 29.8 Å². The Morgan fingerprint density at radius 3 is 2.26 bits per heavy atom. The molecule has 214 valence electrons. The molecule has 2 aliphatic carbocycles. The molecule has 0 aromatic rings. The zero-order chi connectivity index (χ0) is 29.3. The van der Waals surface area contributed by atoms with Gasteiger partial charge in [-0.05, 0) is 25.8 Å². The first-order chi connectivity index (χ1) is 18.0. The number of allylic oxidation sites excluding steroid dienone is 1. The summed E-state index contributed by atoms with van der Waals surface area (Å²) in [5, 5.41) is 10.2. The van der Waals surface area contributed by atoms with Gasteiger partial charge in [0.1, 0.15) is 23.4 Å². The molecule has 4 aliphatic rings. The predicted molar refractivity (Wildman–Crippen MR) is 133 cm³/mol. The predicted octanol–water partition coefficient (Wildman–Crippen LogP) is 2.36. The van der Waals surface area contributed by atoms with Gasteiger partial charge in [-0.2, -0.15) is 0 Å². The molecule has 2 heterocycles. The van der Waals surface area contributed by atoms with Crippen LogP contribution in [0.4, 0.5) is 0 Å². The zero-order valence-electron chi connectivity index (χ0n) is 23.3. The molecule has 11 heteroatoms. The molecule has 4 rings (SSSR count). The van der Waals surface area contributed by atoms with Crippen LogP contribution >= 0.6 is 0 Å². The second-order valence-electron chi connectivity index (χ2n) is 11.9. The van der Waals surface area contributed by atoms with E-state index in [9.17, 15) is 29.1 Å². The van der Waals surface area contributed by atoms with Crippen molar-refractivity contribution in [2.24, 2.45) is 28.6 Å². The second kappa shape index (κ2) is 9.18. The topological polar surface area (TPSA) is 155 Å². The largest absolute Gasteiger partial charge is 0.481 e. The van der Waals surface area contributed by atoms with Gasteiger partial charge in [-0.1, -0.05) is 26.5 Å². The van der Waals surface area contributed by atoms with Gasteiger partial charge in [0.05, 0.1) is 31.0 Å². The molecule has 2 aliphatic heterocycles. The molecule has 0 aromatic carbocycles. The van der Waals surface area contributed by atoms with Gasteiger partial charge in [0.2, 0.25) is 0 Å². The third kappa shape index (κ3) is 4.08. The van der Waals surface area contributed by atoms with Gasteiger partial charge in [-0.25, -0.2) is 4.79 Å². The van der Waals surface area contributed by atoms with Gasteiger partial charge >= 0.3 is 29.8 Å². The highest BCUT2D eigenvalue weighted by Crippen LogP contribution is 2.74. The van der Waals surface area contributed by atoms with Gasteiger partial charge in [0.25, 0.3) is 0 Å². The van der Waals surface area contributed by atoms with Crippen molar-refractivity contribution in [3.63, 3.8) is 0 Å². The Hall–Kier alpha value is -3.21. The minimum atomic E-state index is -1.33. The van der Waals surface area contributed by atoms with Crippen LogP contribution < -0.4 is 0 Å². The van der Waals surface area contributed by atoms with Gasteiger partial charge in [0.15, 0.2) is 0 Å². The van der Waals surface area contributed by atoms with Crippen LogP contribution in [0.25, 0.3) is 0 Å². The van der Waals surface area contributed by atoms with Crippen LogP contribution in [-0.2, 0) is 47.7 Å². The maximum absolute atomic E-state index is 12.7. The SMILES string of the molecule is C=C1[C@@H]([C@@]2(C)C=CC(=O)OC(C)(C)[C@@H]2CC(=O)OC)[C@@H](OC(C)=O)[C@H](OC(C)=O)[C@@]2(C)[C@H](C(=O)O)C[C@H]3O[C@]132. The monoisotopic (exact) mass is 548 g/mol. The Bertz CT molecular complexity index is 1170. The lowest BCUT2D eigenvalue weighted by Gasteiger charge is -2.58. The van der Waals surface area contributed by atoms with Crippen molar-refractivity contribution in [3.05, 3.63) is 24.3 Å². The Labute approximate surface area is 226 Å². The number of cyclic esters (lactones) is 1. The fourth-order valence-electron chi connectivity index (χ4n) is 7.87. The number of hydrogen-bond acceptors (Lipinski definition) is 10. The highest BCUT2D eigenvalue weighted by Gasteiger charge is 2.85. The fourth-order valence-corrected chi connectivity index (χ4v) is 7.87. The Kier molecular flexibility index (Phi) is 6.77. The summed E-state index contributed by atoms with van der Waals surface area (Å²) >= 11 is 0. The summed E-state index contributed by atoms with van der Waals surface area (Å²) in [5.41, 5.74) is -4.46. The maximum atomic E-state index is 12.7. The number of carboxylic acids is 1. The van der Waals surface area contributed by atoms with Crippen molar-refractivity contribution in [1.29, 1.82) is 0 Å². The van der Waals surface area contributed by atoms with E-state index < -0.39 is 87.9 Å².